The van der Waals surface area contributed by atoms with Crippen LogP contribution in [0.1, 0.15) is 35.4 Å². The van der Waals surface area contributed by atoms with E-state index in [1.165, 1.54) is 7.11 Å². The van der Waals surface area contributed by atoms with Crippen molar-refractivity contribution in [3.63, 3.8) is 0 Å². The average molecular weight is 324 g/mol. The molecular formula is C19H20N2O3. The molecule has 0 aliphatic heterocycles. The maximum absolute atomic E-state index is 11.8. The highest BCUT2D eigenvalue weighted by Crippen LogP contribution is 2.49. The van der Waals surface area contributed by atoms with Crippen LogP contribution in [0.15, 0.2) is 28.8 Å². The summed E-state index contributed by atoms with van der Waals surface area (Å²) in [4.78, 5) is 11.8. The zero-order valence-corrected chi connectivity index (χ0v) is 14.1. The van der Waals surface area contributed by atoms with E-state index in [4.69, 9.17) is 9.26 Å². The van der Waals surface area contributed by atoms with E-state index in [-0.39, 0.29) is 11.4 Å². The van der Waals surface area contributed by atoms with Crippen molar-refractivity contribution in [3.8, 4) is 11.8 Å². The second-order valence-corrected chi connectivity index (χ2v) is 6.12. The second-order valence-electron chi connectivity index (χ2n) is 6.12. The number of carbonyl (C=O) groups excluding carboxylic acids is 1. The van der Waals surface area contributed by atoms with Gasteiger partial charge in [-0.2, -0.15) is 0 Å². The first kappa shape index (κ1) is 16.1. The lowest BCUT2D eigenvalue weighted by atomic mass is 9.96. The normalized spacial score (nSPS) is 14.5. The Morgan fingerprint density at radius 2 is 2.04 bits per heavy atom. The second kappa shape index (κ2) is 6.40. The molecule has 0 amide bonds. The molecule has 5 nitrogen and oxygen atoms in total. The lowest BCUT2D eigenvalue weighted by Gasteiger charge is -2.12. The summed E-state index contributed by atoms with van der Waals surface area (Å²) in [5.74, 6) is 6.49. The molecule has 1 heterocycles. The van der Waals surface area contributed by atoms with Gasteiger partial charge in [0.25, 0.3) is 0 Å². The van der Waals surface area contributed by atoms with E-state index in [1.807, 2.05) is 38.2 Å². The molecule has 5 heteroatoms. The minimum atomic E-state index is -0.305. The number of methoxy groups -OCH3 is 1. The summed E-state index contributed by atoms with van der Waals surface area (Å²) in [5, 5.41) is 6.94. The molecule has 24 heavy (non-hydrogen) atoms. The number of esters is 1. The number of ether oxygens (including phenoxy) is 1. The Hall–Kier alpha value is -2.74. The molecule has 0 unspecified atom stereocenters. The standard InChI is InChI=1S/C19H20N2O3/c1-13-17(20-2)16(24-21-13)9-8-14-4-6-15(7-5-14)12-19(10-11-19)18(22)23-3/h4-7,20H,10-12H2,1-3H3. The monoisotopic (exact) mass is 324 g/mol. The molecule has 1 aromatic heterocycles. The Labute approximate surface area is 141 Å². The topological polar surface area (TPSA) is 64.4 Å². The van der Waals surface area contributed by atoms with Crippen molar-refractivity contribution in [1.82, 2.24) is 5.16 Å². The number of aryl methyl sites for hydroxylation is 1. The number of benzene rings is 1. The summed E-state index contributed by atoms with van der Waals surface area (Å²) in [6.07, 6.45) is 2.52. The number of carbonyl (C=O) groups is 1. The van der Waals surface area contributed by atoms with Gasteiger partial charge in [0.05, 0.1) is 12.5 Å². The fourth-order valence-corrected chi connectivity index (χ4v) is 2.80. The third-order valence-electron chi connectivity index (χ3n) is 4.40. The molecule has 2 aromatic rings. The number of nitrogens with zero attached hydrogens (tertiary/aromatic N) is 1. The Morgan fingerprint density at radius 3 is 2.62 bits per heavy atom. The first-order valence-electron chi connectivity index (χ1n) is 7.91. The number of nitrogens with one attached hydrogen (secondary N) is 1. The van der Waals surface area contributed by atoms with Crippen LogP contribution in [0, 0.1) is 24.2 Å². The van der Waals surface area contributed by atoms with Crippen LogP contribution < -0.4 is 5.32 Å². The van der Waals surface area contributed by atoms with E-state index in [9.17, 15) is 4.79 Å². The quantitative estimate of drug-likeness (QED) is 0.692. The molecule has 0 saturated heterocycles. The van der Waals surface area contributed by atoms with E-state index in [0.29, 0.717) is 5.76 Å². The molecule has 1 N–H and O–H groups in total. The average Bonchev–Trinajstić information content (AvgIpc) is 3.29. The van der Waals surface area contributed by atoms with Crippen molar-refractivity contribution < 1.29 is 14.1 Å². The Kier molecular flexibility index (Phi) is 4.30. The van der Waals surface area contributed by atoms with E-state index < -0.39 is 0 Å². The fourth-order valence-electron chi connectivity index (χ4n) is 2.80. The highest BCUT2D eigenvalue weighted by atomic mass is 16.5. The zero-order chi connectivity index (χ0) is 17.2. The van der Waals surface area contributed by atoms with Gasteiger partial charge >= 0.3 is 5.97 Å². The Balaban J connectivity index is 1.72. The van der Waals surface area contributed by atoms with Crippen molar-refractivity contribution in [2.75, 3.05) is 19.5 Å². The largest absolute Gasteiger partial charge is 0.469 e. The number of aromatic nitrogens is 1. The molecule has 0 radical (unpaired) electrons. The van der Waals surface area contributed by atoms with Crippen molar-refractivity contribution in [3.05, 3.63) is 46.8 Å². The van der Waals surface area contributed by atoms with Gasteiger partial charge in [0.1, 0.15) is 11.4 Å². The van der Waals surface area contributed by atoms with Crippen molar-refractivity contribution in [1.29, 1.82) is 0 Å². The van der Waals surface area contributed by atoms with Crippen molar-refractivity contribution in [2.45, 2.75) is 26.2 Å². The molecule has 1 fully saturated rings. The summed E-state index contributed by atoms with van der Waals surface area (Å²) in [6, 6.07) is 7.94. The van der Waals surface area contributed by atoms with Gasteiger partial charge in [-0.05, 0) is 49.8 Å². The van der Waals surface area contributed by atoms with Gasteiger partial charge in [-0.3, -0.25) is 4.79 Å². The minimum Gasteiger partial charge on any atom is -0.469 e. The number of hydrogen-bond acceptors (Lipinski definition) is 5. The summed E-state index contributed by atoms with van der Waals surface area (Å²) in [6.45, 7) is 1.87. The predicted molar refractivity (Wildman–Crippen MR) is 90.6 cm³/mol. The Morgan fingerprint density at radius 1 is 1.33 bits per heavy atom. The molecule has 1 aliphatic rings. The first-order chi connectivity index (χ1) is 11.6. The van der Waals surface area contributed by atoms with Gasteiger partial charge in [0.15, 0.2) is 0 Å². The van der Waals surface area contributed by atoms with Crippen LogP contribution in [-0.2, 0) is 16.0 Å². The lowest BCUT2D eigenvalue weighted by Crippen LogP contribution is -2.19. The molecule has 3 rings (SSSR count). The molecule has 0 bridgehead atoms. The SMILES string of the molecule is CNc1c(C)noc1C#Cc1ccc(CC2(C(=O)OC)CC2)cc1. The van der Waals surface area contributed by atoms with E-state index in [2.05, 4.69) is 22.3 Å². The minimum absolute atomic E-state index is 0.105. The zero-order valence-electron chi connectivity index (χ0n) is 14.1. The number of hydrogen-bond donors (Lipinski definition) is 1. The van der Waals surface area contributed by atoms with Gasteiger partial charge in [-0.15, -0.1) is 0 Å². The summed E-state index contributed by atoms with van der Waals surface area (Å²) in [5.41, 5.74) is 3.30. The van der Waals surface area contributed by atoms with Gasteiger partial charge in [0, 0.05) is 12.6 Å². The molecular weight excluding hydrogens is 304 g/mol. The van der Waals surface area contributed by atoms with Gasteiger partial charge < -0.3 is 14.6 Å². The van der Waals surface area contributed by atoms with Crippen LogP contribution >= 0.6 is 0 Å². The first-order valence-corrected chi connectivity index (χ1v) is 7.91. The van der Waals surface area contributed by atoms with Crippen molar-refractivity contribution in [2.24, 2.45) is 5.41 Å². The van der Waals surface area contributed by atoms with E-state index in [1.54, 1.807) is 0 Å². The Bertz CT molecular complexity index is 805. The lowest BCUT2D eigenvalue weighted by molar-refractivity contribution is -0.147. The molecule has 1 saturated carbocycles. The van der Waals surface area contributed by atoms with Gasteiger partial charge in [-0.25, -0.2) is 0 Å². The summed E-state index contributed by atoms with van der Waals surface area (Å²) in [7, 11) is 3.26. The highest BCUT2D eigenvalue weighted by Gasteiger charge is 2.50. The van der Waals surface area contributed by atoms with Crippen LogP contribution in [0.5, 0.6) is 0 Å². The van der Waals surface area contributed by atoms with Crippen LogP contribution in [0.4, 0.5) is 5.69 Å². The predicted octanol–water partition coefficient (Wildman–Crippen LogP) is 2.92. The van der Waals surface area contributed by atoms with Crippen LogP contribution in [-0.4, -0.2) is 25.3 Å². The van der Waals surface area contributed by atoms with E-state index >= 15 is 0 Å². The van der Waals surface area contributed by atoms with E-state index in [0.717, 1.165) is 41.8 Å². The molecule has 0 spiro atoms. The van der Waals surface area contributed by atoms with Crippen LogP contribution in [0.25, 0.3) is 0 Å². The molecule has 1 aliphatic carbocycles. The van der Waals surface area contributed by atoms with Gasteiger partial charge in [-0.1, -0.05) is 23.2 Å². The van der Waals surface area contributed by atoms with Crippen molar-refractivity contribution >= 4 is 11.7 Å². The number of anilines is 1. The maximum atomic E-state index is 11.8. The number of rotatable bonds is 4. The fraction of sp³-hybridized carbons (Fsp3) is 0.368. The third-order valence-corrected chi connectivity index (χ3v) is 4.40. The summed E-state index contributed by atoms with van der Waals surface area (Å²) < 4.78 is 10.1. The third kappa shape index (κ3) is 3.13. The van der Waals surface area contributed by atoms with Crippen LogP contribution in [0.3, 0.4) is 0 Å². The highest BCUT2D eigenvalue weighted by molar-refractivity contribution is 5.80. The van der Waals surface area contributed by atoms with Gasteiger partial charge in [0.2, 0.25) is 5.76 Å². The molecule has 1 aromatic carbocycles. The summed E-state index contributed by atoms with van der Waals surface area (Å²) >= 11 is 0. The maximum Gasteiger partial charge on any atom is 0.312 e. The van der Waals surface area contributed by atoms with Crippen LogP contribution in [0.2, 0.25) is 0 Å². The smallest absolute Gasteiger partial charge is 0.312 e. The molecule has 124 valence electrons. The molecule has 0 atom stereocenters.